The number of carbonyl (C=O) groups excluding carboxylic acids is 1. The predicted molar refractivity (Wildman–Crippen MR) is 98.3 cm³/mol. The van der Waals surface area contributed by atoms with Gasteiger partial charge in [0, 0.05) is 13.5 Å². The van der Waals surface area contributed by atoms with E-state index < -0.39 is 32.3 Å². The molecule has 2 atom stereocenters. The van der Waals surface area contributed by atoms with E-state index in [1.165, 1.54) is 7.05 Å². The van der Waals surface area contributed by atoms with Crippen molar-refractivity contribution < 1.29 is 41.6 Å². The lowest BCUT2D eigenvalue weighted by molar-refractivity contribution is -0.193. The Morgan fingerprint density at radius 1 is 0.963 bits per heavy atom. The second-order valence-electron chi connectivity index (χ2n) is 5.54. The van der Waals surface area contributed by atoms with Crippen molar-refractivity contribution >= 4 is 21.2 Å². The van der Waals surface area contributed by atoms with Crippen molar-refractivity contribution in [2.24, 2.45) is 0 Å². The molecule has 160 valence electrons. The van der Waals surface area contributed by atoms with Crippen LogP contribution < -0.4 is 0 Å². The van der Waals surface area contributed by atoms with Gasteiger partial charge in [0.25, 0.3) is 5.34 Å². The average Bonchev–Trinajstić information content (AvgIpc) is 2.96. The zero-order valence-electron chi connectivity index (χ0n) is 16.8. The number of ether oxygens (including phenoxy) is 1. The molecule has 1 rings (SSSR count). The van der Waals surface area contributed by atoms with E-state index in [0.717, 1.165) is 5.06 Å². The maximum Gasteiger partial charge on any atom is 0.376 e. The van der Waals surface area contributed by atoms with Crippen LogP contribution in [0, 0.1) is 0 Å². The highest BCUT2D eigenvalue weighted by molar-refractivity contribution is 7.57. The van der Waals surface area contributed by atoms with E-state index in [0.29, 0.717) is 0 Å². The molecule has 1 aliphatic rings. The van der Waals surface area contributed by atoms with Gasteiger partial charge >= 0.3 is 21.2 Å². The van der Waals surface area contributed by atoms with Crippen molar-refractivity contribution in [3.63, 3.8) is 0 Å². The summed E-state index contributed by atoms with van der Waals surface area (Å²) >= 11 is 0. The normalized spacial score (nSPS) is 24.3. The smallest absolute Gasteiger partial charge is 0.376 e. The van der Waals surface area contributed by atoms with E-state index in [4.69, 9.17) is 27.7 Å². The topological polar surface area (TPSA) is 110 Å². The summed E-state index contributed by atoms with van der Waals surface area (Å²) in [5.74, 6) is -1.90. The number of hydrogen-bond donors (Lipinski definition) is 0. The molecule has 0 aromatic heterocycles. The van der Waals surface area contributed by atoms with Gasteiger partial charge in [0.2, 0.25) is 0 Å². The molecule has 0 unspecified atom stereocenters. The van der Waals surface area contributed by atoms with Gasteiger partial charge in [-0.25, -0.2) is 4.79 Å². The van der Waals surface area contributed by atoms with E-state index in [-0.39, 0.29) is 39.5 Å². The number of rotatable bonds is 12. The van der Waals surface area contributed by atoms with Crippen LogP contribution in [0.2, 0.25) is 0 Å². The first-order valence-corrected chi connectivity index (χ1v) is 12.2. The summed E-state index contributed by atoms with van der Waals surface area (Å²) in [5, 5.41) is -0.938. The highest BCUT2D eigenvalue weighted by Crippen LogP contribution is 2.69. The van der Waals surface area contributed by atoms with Gasteiger partial charge in [0.15, 0.2) is 0 Å². The molecule has 1 aliphatic heterocycles. The van der Waals surface area contributed by atoms with E-state index in [2.05, 4.69) is 0 Å². The quantitative estimate of drug-likeness (QED) is 0.337. The monoisotopic (exact) mass is 431 g/mol. The molecule has 27 heavy (non-hydrogen) atoms. The molecule has 0 spiro atoms. The maximum atomic E-state index is 13.5. The minimum Gasteiger partial charge on any atom is -0.463 e. The number of carbonyl (C=O) groups is 1. The van der Waals surface area contributed by atoms with Gasteiger partial charge in [-0.3, -0.25) is 14.0 Å². The van der Waals surface area contributed by atoms with Gasteiger partial charge in [-0.2, -0.15) is 5.06 Å². The average molecular weight is 431 g/mol. The van der Waals surface area contributed by atoms with Crippen LogP contribution in [0.3, 0.4) is 0 Å². The third-order valence-electron chi connectivity index (χ3n) is 3.79. The largest absolute Gasteiger partial charge is 0.463 e. The van der Waals surface area contributed by atoms with E-state index >= 15 is 0 Å². The fourth-order valence-corrected chi connectivity index (χ4v) is 7.11. The second kappa shape index (κ2) is 10.5. The maximum absolute atomic E-state index is 13.5. The summed E-state index contributed by atoms with van der Waals surface area (Å²) in [5.41, 5.74) is 0. The summed E-state index contributed by atoms with van der Waals surface area (Å²) in [4.78, 5) is 18.5. The molecule has 1 fully saturated rings. The Morgan fingerprint density at radius 3 is 1.85 bits per heavy atom. The molecule has 0 N–H and O–H groups in total. The fraction of sp³-hybridized carbons (Fsp3) is 0.933. The van der Waals surface area contributed by atoms with Crippen molar-refractivity contribution in [3.8, 4) is 0 Å². The Balaban J connectivity index is 3.44. The van der Waals surface area contributed by atoms with E-state index in [1.807, 2.05) is 0 Å². The number of hydrogen-bond acceptors (Lipinski definition) is 10. The number of esters is 1. The third-order valence-corrected chi connectivity index (χ3v) is 8.79. The first-order valence-electron chi connectivity index (χ1n) is 9.07. The lowest BCUT2D eigenvalue weighted by Gasteiger charge is -2.32. The number of hydroxylamine groups is 2. The van der Waals surface area contributed by atoms with E-state index in [9.17, 15) is 13.9 Å². The summed E-state index contributed by atoms with van der Waals surface area (Å²) in [6.07, 6.45) is -0.295. The van der Waals surface area contributed by atoms with E-state index in [1.54, 1.807) is 34.6 Å². The van der Waals surface area contributed by atoms with Crippen LogP contribution in [-0.4, -0.2) is 62.2 Å². The van der Waals surface area contributed by atoms with Crippen LogP contribution in [0.5, 0.6) is 0 Å². The minimum atomic E-state index is -4.14. The van der Waals surface area contributed by atoms with Gasteiger partial charge in [0.05, 0.1) is 33.0 Å². The van der Waals surface area contributed by atoms with Gasteiger partial charge < -0.3 is 22.8 Å². The molecular weight excluding hydrogens is 400 g/mol. The zero-order valence-corrected chi connectivity index (χ0v) is 18.6. The van der Waals surface area contributed by atoms with Crippen molar-refractivity contribution in [2.45, 2.75) is 52.2 Å². The molecule has 12 heteroatoms. The Kier molecular flexibility index (Phi) is 9.58. The zero-order chi connectivity index (χ0) is 20.7. The van der Waals surface area contributed by atoms with Crippen LogP contribution in [0.25, 0.3) is 0 Å². The predicted octanol–water partition coefficient (Wildman–Crippen LogP) is 3.37. The van der Waals surface area contributed by atoms with Gasteiger partial charge in [-0.05, 0) is 34.6 Å². The lowest BCUT2D eigenvalue weighted by Crippen LogP contribution is -2.42. The molecule has 10 nitrogen and oxygen atoms in total. The van der Waals surface area contributed by atoms with Crippen molar-refractivity contribution in [1.29, 1.82) is 0 Å². The standard InChI is InChI=1S/C15H31NO9P2/c1-7-20-14(17)15(27(19,23-10-4)24-11-5)12-13(16(6)25-15)26(18,21-8-2)22-9-3/h13H,7-12H2,1-6H3/t13-,15-/m1/s1. The fourth-order valence-electron chi connectivity index (χ4n) is 2.82. The van der Waals surface area contributed by atoms with Crippen LogP contribution in [0.4, 0.5) is 0 Å². The lowest BCUT2D eigenvalue weighted by atomic mass is 10.2. The molecule has 0 aliphatic carbocycles. The molecule has 0 saturated carbocycles. The summed E-state index contributed by atoms with van der Waals surface area (Å²) in [7, 11) is -6.39. The Hall–Kier alpha value is -0.310. The van der Waals surface area contributed by atoms with Crippen LogP contribution in [0.1, 0.15) is 41.0 Å². The van der Waals surface area contributed by atoms with Gasteiger partial charge in [0.1, 0.15) is 5.78 Å². The van der Waals surface area contributed by atoms with Crippen molar-refractivity contribution in [2.75, 3.05) is 40.1 Å². The first kappa shape index (κ1) is 24.7. The molecular formula is C15H31NO9P2. The highest BCUT2D eigenvalue weighted by atomic mass is 31.2. The van der Waals surface area contributed by atoms with Gasteiger partial charge in [-0.15, -0.1) is 0 Å². The number of nitrogens with zero attached hydrogens (tertiary/aromatic N) is 1. The third kappa shape index (κ3) is 5.00. The van der Waals surface area contributed by atoms with Crippen LogP contribution in [0.15, 0.2) is 0 Å². The summed E-state index contributed by atoms with van der Waals surface area (Å²) in [6.45, 7) is 8.51. The molecule has 0 radical (unpaired) electrons. The first-order chi connectivity index (χ1) is 12.7. The Bertz CT molecular complexity index is 568. The Morgan fingerprint density at radius 2 is 1.44 bits per heavy atom. The summed E-state index contributed by atoms with van der Waals surface area (Å²) < 4.78 is 53.4. The molecule has 0 bridgehead atoms. The highest BCUT2D eigenvalue weighted by Gasteiger charge is 2.68. The molecule has 0 aromatic rings. The molecule has 1 heterocycles. The molecule has 0 amide bonds. The second-order valence-corrected chi connectivity index (χ2v) is 9.96. The minimum absolute atomic E-state index is 0.0186. The van der Waals surface area contributed by atoms with Gasteiger partial charge in [-0.1, -0.05) is 0 Å². The summed E-state index contributed by atoms with van der Waals surface area (Å²) in [6, 6.07) is 0. The molecule has 0 aromatic carbocycles. The SMILES string of the molecule is CCOC(=O)[C@]1(P(=O)(OCC)OCC)C[C@@H](P(=O)(OCC)OCC)N(C)O1. The Labute approximate surface area is 160 Å². The van der Waals surface area contributed by atoms with Crippen molar-refractivity contribution in [1.82, 2.24) is 5.06 Å². The van der Waals surface area contributed by atoms with Crippen LogP contribution >= 0.6 is 15.2 Å². The molecule has 1 saturated heterocycles. The van der Waals surface area contributed by atoms with Crippen molar-refractivity contribution in [3.05, 3.63) is 0 Å². The van der Waals surface area contributed by atoms with Crippen LogP contribution in [-0.2, 0) is 41.6 Å².